The molecule has 4 rings (SSSR count). The van der Waals surface area contributed by atoms with Crippen LogP contribution in [0.3, 0.4) is 0 Å². The first kappa shape index (κ1) is 23.1. The van der Waals surface area contributed by atoms with Crippen molar-refractivity contribution in [1.29, 1.82) is 0 Å². The van der Waals surface area contributed by atoms with Gasteiger partial charge in [0, 0.05) is 25.3 Å². The van der Waals surface area contributed by atoms with Crippen molar-refractivity contribution in [3.63, 3.8) is 0 Å². The van der Waals surface area contributed by atoms with Crippen LogP contribution in [0.1, 0.15) is 28.7 Å². The Morgan fingerprint density at radius 1 is 1.14 bits per heavy atom. The maximum Gasteiger partial charge on any atom is 0.293 e. The van der Waals surface area contributed by atoms with E-state index in [0.29, 0.717) is 16.9 Å². The van der Waals surface area contributed by atoms with Crippen LogP contribution in [0.15, 0.2) is 64.3 Å². The molecule has 0 bridgehead atoms. The lowest BCUT2D eigenvalue weighted by atomic mass is 10.2. The summed E-state index contributed by atoms with van der Waals surface area (Å²) in [6.45, 7) is 1.68. The minimum absolute atomic E-state index is 0.00574. The molecule has 178 valence electrons. The molecule has 0 radical (unpaired) electrons. The van der Waals surface area contributed by atoms with Gasteiger partial charge >= 0.3 is 0 Å². The summed E-state index contributed by atoms with van der Waals surface area (Å²) in [4.78, 5) is 26.0. The first-order valence-corrected chi connectivity index (χ1v) is 10.4. The van der Waals surface area contributed by atoms with Crippen molar-refractivity contribution in [3.05, 3.63) is 71.5 Å². The van der Waals surface area contributed by atoms with Gasteiger partial charge in [-0.25, -0.2) is 10.1 Å². The van der Waals surface area contributed by atoms with Gasteiger partial charge in [0.1, 0.15) is 0 Å². The monoisotopic (exact) mass is 474 g/mol. The average molecular weight is 474 g/mol. The molecule has 4 aromatic rings. The molecule has 0 saturated carbocycles. The number of hydrazone groups is 1. The van der Waals surface area contributed by atoms with Gasteiger partial charge in [0.25, 0.3) is 5.91 Å². The Kier molecular flexibility index (Phi) is 6.76. The van der Waals surface area contributed by atoms with Gasteiger partial charge in [-0.1, -0.05) is 35.5 Å². The Morgan fingerprint density at radius 2 is 1.89 bits per heavy atom. The molecule has 0 fully saturated rings. The molecular weight excluding hydrogens is 452 g/mol. The smallest absolute Gasteiger partial charge is 0.293 e. The minimum Gasteiger partial charge on any atom is -0.378 e. The van der Waals surface area contributed by atoms with Gasteiger partial charge in [-0.2, -0.15) is 9.78 Å². The maximum absolute atomic E-state index is 12.9. The zero-order valence-electron chi connectivity index (χ0n) is 18.9. The van der Waals surface area contributed by atoms with Crippen LogP contribution in [-0.4, -0.2) is 50.4 Å². The van der Waals surface area contributed by atoms with Gasteiger partial charge in [0.2, 0.25) is 17.5 Å². The fourth-order valence-corrected chi connectivity index (χ4v) is 3.20. The molecule has 0 aliphatic rings. The van der Waals surface area contributed by atoms with E-state index < -0.39 is 5.91 Å². The summed E-state index contributed by atoms with van der Waals surface area (Å²) in [5, 5.41) is 22.1. The molecule has 13 nitrogen and oxygen atoms in total. The molecule has 2 amide bonds. The van der Waals surface area contributed by atoms with Gasteiger partial charge < -0.3 is 16.0 Å². The third-order valence-corrected chi connectivity index (χ3v) is 4.87. The molecule has 0 saturated heterocycles. The first-order valence-electron chi connectivity index (χ1n) is 10.4. The molecule has 2 heterocycles. The molecule has 35 heavy (non-hydrogen) atoms. The number of nitrogens with one attached hydrogen (secondary N) is 2. The number of benzene rings is 2. The number of aromatic nitrogens is 5. The summed E-state index contributed by atoms with van der Waals surface area (Å²) < 4.78 is 5.99. The number of hydrogen-bond donors (Lipinski definition) is 3. The molecule has 2 aromatic carbocycles. The molecule has 4 N–H and O–H groups in total. The second-order valence-electron chi connectivity index (χ2n) is 7.46. The van der Waals surface area contributed by atoms with Crippen LogP contribution in [0.2, 0.25) is 0 Å². The largest absolute Gasteiger partial charge is 0.378 e. The van der Waals surface area contributed by atoms with Gasteiger partial charge in [-0.15, -0.1) is 5.10 Å². The average Bonchev–Trinajstić information content (AvgIpc) is 3.46. The highest BCUT2D eigenvalue weighted by atomic mass is 16.6. The molecule has 0 aliphatic carbocycles. The number of nitrogens with two attached hydrogens (primary N) is 1. The van der Waals surface area contributed by atoms with Crippen LogP contribution in [0.4, 0.5) is 17.2 Å². The zero-order chi connectivity index (χ0) is 24.8. The van der Waals surface area contributed by atoms with Crippen LogP contribution < -0.4 is 21.4 Å². The second kappa shape index (κ2) is 10.2. The lowest BCUT2D eigenvalue weighted by molar-refractivity contribution is -0.114. The number of carbonyl (C=O) groups is 2. The summed E-state index contributed by atoms with van der Waals surface area (Å²) in [6.07, 6.45) is 1.47. The molecule has 13 heteroatoms. The fraction of sp³-hybridized carbons (Fsp3) is 0.136. The quantitative estimate of drug-likeness (QED) is 0.253. The van der Waals surface area contributed by atoms with Crippen molar-refractivity contribution >= 4 is 35.2 Å². The first-order chi connectivity index (χ1) is 16.9. The van der Waals surface area contributed by atoms with E-state index in [1.165, 1.54) is 17.8 Å². The van der Waals surface area contributed by atoms with Crippen molar-refractivity contribution in [2.45, 2.75) is 13.5 Å². The van der Waals surface area contributed by atoms with Crippen molar-refractivity contribution in [2.24, 2.45) is 5.10 Å². The summed E-state index contributed by atoms with van der Waals surface area (Å²) in [7, 11) is 1.86. The lowest BCUT2D eigenvalue weighted by Gasteiger charge is -2.19. The van der Waals surface area contributed by atoms with E-state index in [9.17, 15) is 9.59 Å². The van der Waals surface area contributed by atoms with Crippen molar-refractivity contribution in [1.82, 2.24) is 30.7 Å². The highest BCUT2D eigenvalue weighted by Gasteiger charge is 2.25. The van der Waals surface area contributed by atoms with Crippen LogP contribution in [0.25, 0.3) is 5.82 Å². The van der Waals surface area contributed by atoms with Gasteiger partial charge in [-0.05, 0) is 40.1 Å². The second-order valence-corrected chi connectivity index (χ2v) is 7.46. The number of hydrogen-bond acceptors (Lipinski definition) is 10. The van der Waals surface area contributed by atoms with Gasteiger partial charge in [-0.3, -0.25) is 9.59 Å². The third-order valence-electron chi connectivity index (χ3n) is 4.87. The van der Waals surface area contributed by atoms with Crippen LogP contribution in [0.5, 0.6) is 0 Å². The highest BCUT2D eigenvalue weighted by Crippen LogP contribution is 2.20. The van der Waals surface area contributed by atoms with Crippen molar-refractivity contribution in [3.8, 4) is 5.82 Å². The van der Waals surface area contributed by atoms with Crippen LogP contribution in [0, 0.1) is 0 Å². The van der Waals surface area contributed by atoms with E-state index in [1.807, 2.05) is 42.3 Å². The van der Waals surface area contributed by atoms with E-state index in [2.05, 4.69) is 41.1 Å². The SMILES string of the molecule is CC(=O)Nc1ccc(/C=N/NC(=O)c2nnn(-c3nonc3N)c2CN(C)c2ccccc2)cc1. The number of amides is 2. The van der Waals surface area contributed by atoms with E-state index in [4.69, 9.17) is 5.73 Å². The molecule has 0 atom stereocenters. The normalized spacial score (nSPS) is 10.9. The Hall–Kier alpha value is -5.07. The van der Waals surface area contributed by atoms with Gasteiger partial charge in [0.05, 0.1) is 18.5 Å². The van der Waals surface area contributed by atoms with E-state index in [-0.39, 0.29) is 29.8 Å². The number of carbonyl (C=O) groups excluding carboxylic acids is 2. The number of anilines is 3. The highest BCUT2D eigenvalue weighted by molar-refractivity contribution is 5.94. The predicted molar refractivity (Wildman–Crippen MR) is 128 cm³/mol. The summed E-state index contributed by atoms with van der Waals surface area (Å²) in [6, 6.07) is 16.5. The zero-order valence-corrected chi connectivity index (χ0v) is 18.9. The van der Waals surface area contributed by atoms with E-state index >= 15 is 0 Å². The molecule has 0 unspecified atom stereocenters. The van der Waals surface area contributed by atoms with Crippen LogP contribution in [-0.2, 0) is 11.3 Å². The van der Waals surface area contributed by atoms with Crippen LogP contribution >= 0.6 is 0 Å². The molecule has 2 aromatic heterocycles. The van der Waals surface area contributed by atoms with E-state index in [1.54, 1.807) is 24.3 Å². The molecule has 0 spiro atoms. The number of para-hydroxylation sites is 1. The predicted octanol–water partition coefficient (Wildman–Crippen LogP) is 1.59. The van der Waals surface area contributed by atoms with Gasteiger partial charge in [0.15, 0.2) is 5.69 Å². The van der Waals surface area contributed by atoms with E-state index in [0.717, 1.165) is 5.69 Å². The fourth-order valence-electron chi connectivity index (χ4n) is 3.20. The van der Waals surface area contributed by atoms with Crippen molar-refractivity contribution < 1.29 is 14.2 Å². The Morgan fingerprint density at radius 3 is 2.54 bits per heavy atom. The topological polar surface area (TPSA) is 169 Å². The summed E-state index contributed by atoms with van der Waals surface area (Å²) in [5.74, 6) is -0.612. The number of nitrogen functional groups attached to an aromatic ring is 1. The third kappa shape index (κ3) is 5.47. The summed E-state index contributed by atoms with van der Waals surface area (Å²) >= 11 is 0. The standard InChI is InChI=1S/C22H22N10O3/c1-14(33)25-16-10-8-15(9-11-16)12-24-27-22(34)19-18(13-31(2)17-6-4-3-5-7-17)32(30-26-19)21-20(23)28-35-29-21/h3-12H,13H2,1-2H3,(H2,23,28)(H,25,33)(H,27,34)/b24-12+. The number of nitrogens with zero attached hydrogens (tertiary/aromatic N) is 7. The summed E-state index contributed by atoms with van der Waals surface area (Å²) in [5.41, 5.74) is 11.0. The Balaban J connectivity index is 1.54. The molecule has 0 aliphatic heterocycles. The Bertz CT molecular complexity index is 1350. The Labute approximate surface area is 199 Å². The minimum atomic E-state index is -0.575. The lowest BCUT2D eigenvalue weighted by Crippen LogP contribution is -2.24. The maximum atomic E-state index is 12.9. The number of rotatable bonds is 8. The van der Waals surface area contributed by atoms with Crippen molar-refractivity contribution in [2.75, 3.05) is 23.0 Å². The molecular formula is C22H22N10O3.